The smallest absolute Gasteiger partial charge is 0.220 e. The minimum absolute atomic E-state index is 0.0284. The highest BCUT2D eigenvalue weighted by Gasteiger charge is 2.08. The first-order valence-corrected chi connectivity index (χ1v) is 9.03. The summed E-state index contributed by atoms with van der Waals surface area (Å²) in [7, 11) is 0. The Balaban J connectivity index is 3.37. The number of unbranched alkanes of at least 4 members (excludes halogenated alkanes) is 5. The van der Waals surface area contributed by atoms with E-state index in [1.807, 2.05) is 20.8 Å². The number of Topliss-reactive ketones (excluding diaryl/α,β-unsaturated/α-hetero) is 1. The zero-order chi connectivity index (χ0) is 17.5. The predicted octanol–water partition coefficient (Wildman–Crippen LogP) is 2.97. The number of hydrogen-bond acceptors (Lipinski definition) is 3. The third kappa shape index (κ3) is 14.0. The molecule has 0 fully saturated rings. The van der Waals surface area contributed by atoms with Crippen molar-refractivity contribution in [2.45, 2.75) is 78.6 Å². The highest BCUT2D eigenvalue weighted by Crippen LogP contribution is 2.08. The molecule has 0 aromatic heterocycles. The first kappa shape index (κ1) is 21.6. The number of nitrogens with one attached hydrogen (secondary N) is 2. The molecule has 0 bridgehead atoms. The molecule has 0 aromatic carbocycles. The van der Waals surface area contributed by atoms with Crippen LogP contribution in [-0.4, -0.2) is 30.7 Å². The van der Waals surface area contributed by atoms with Gasteiger partial charge in [0, 0.05) is 25.3 Å². The third-order valence-corrected chi connectivity index (χ3v) is 3.73. The fourth-order valence-corrected chi connectivity index (χ4v) is 2.11. The highest BCUT2D eigenvalue weighted by molar-refractivity contribution is 5.87. The van der Waals surface area contributed by atoms with Gasteiger partial charge in [0.2, 0.25) is 11.8 Å². The largest absolute Gasteiger partial charge is 0.356 e. The van der Waals surface area contributed by atoms with Crippen molar-refractivity contribution in [2.75, 3.05) is 13.1 Å². The van der Waals surface area contributed by atoms with Crippen LogP contribution in [0.15, 0.2) is 0 Å². The Morgan fingerprint density at radius 2 is 1.26 bits per heavy atom. The van der Waals surface area contributed by atoms with Crippen LogP contribution in [-0.2, 0) is 14.4 Å². The Morgan fingerprint density at radius 1 is 0.783 bits per heavy atom. The van der Waals surface area contributed by atoms with E-state index in [-0.39, 0.29) is 30.1 Å². The van der Waals surface area contributed by atoms with E-state index < -0.39 is 0 Å². The molecule has 0 aromatic rings. The molecule has 2 N–H and O–H groups in total. The Kier molecular flexibility index (Phi) is 13.4. The Morgan fingerprint density at radius 3 is 1.74 bits per heavy atom. The lowest BCUT2D eigenvalue weighted by Gasteiger charge is -2.06. The first-order chi connectivity index (χ1) is 11.0. The maximum Gasteiger partial charge on any atom is 0.220 e. The van der Waals surface area contributed by atoms with Crippen molar-refractivity contribution in [3.8, 4) is 0 Å². The fourth-order valence-electron chi connectivity index (χ4n) is 2.11. The number of ketones is 1. The van der Waals surface area contributed by atoms with Crippen molar-refractivity contribution in [2.24, 2.45) is 5.92 Å². The van der Waals surface area contributed by atoms with Gasteiger partial charge in [0.1, 0.15) is 0 Å². The third-order valence-electron chi connectivity index (χ3n) is 3.73. The normalized spacial score (nSPS) is 10.6. The van der Waals surface area contributed by atoms with Crippen molar-refractivity contribution in [3.63, 3.8) is 0 Å². The zero-order valence-electron chi connectivity index (χ0n) is 15.1. The van der Waals surface area contributed by atoms with Crippen LogP contribution in [0.25, 0.3) is 0 Å². The molecule has 0 saturated heterocycles. The van der Waals surface area contributed by atoms with Gasteiger partial charge in [-0.05, 0) is 19.3 Å². The lowest BCUT2D eigenvalue weighted by Crippen LogP contribution is -2.31. The van der Waals surface area contributed by atoms with Crippen molar-refractivity contribution in [3.05, 3.63) is 0 Å². The standard InChI is InChI=1S/C18H34N2O3/c1-4-13-19-17(22)11-9-7-5-6-8-10-12-18(23)20-14-16(21)15(2)3/h15H,4-14H2,1-3H3,(H,19,22)(H,20,23). The summed E-state index contributed by atoms with van der Waals surface area (Å²) in [5.41, 5.74) is 0. The molecule has 0 heterocycles. The molecular weight excluding hydrogens is 292 g/mol. The number of carbonyl (C=O) groups excluding carboxylic acids is 3. The van der Waals surface area contributed by atoms with Crippen LogP contribution >= 0.6 is 0 Å². The highest BCUT2D eigenvalue weighted by atomic mass is 16.2. The van der Waals surface area contributed by atoms with Crippen LogP contribution < -0.4 is 10.6 Å². The summed E-state index contributed by atoms with van der Waals surface area (Å²) < 4.78 is 0. The van der Waals surface area contributed by atoms with E-state index in [1.165, 1.54) is 0 Å². The number of amides is 2. The average molecular weight is 326 g/mol. The van der Waals surface area contributed by atoms with Crippen molar-refractivity contribution in [1.82, 2.24) is 10.6 Å². The number of hydrogen-bond donors (Lipinski definition) is 2. The SMILES string of the molecule is CCCNC(=O)CCCCCCCCC(=O)NCC(=O)C(C)C. The van der Waals surface area contributed by atoms with Crippen LogP contribution in [0.3, 0.4) is 0 Å². The van der Waals surface area contributed by atoms with Gasteiger partial charge >= 0.3 is 0 Å². The molecule has 5 nitrogen and oxygen atoms in total. The van der Waals surface area contributed by atoms with E-state index in [2.05, 4.69) is 10.6 Å². The Bertz CT molecular complexity index is 354. The summed E-state index contributed by atoms with van der Waals surface area (Å²) in [5.74, 6) is 0.159. The summed E-state index contributed by atoms with van der Waals surface area (Å²) in [6.07, 6.45) is 8.17. The fraction of sp³-hybridized carbons (Fsp3) is 0.833. The molecule has 0 saturated carbocycles. The van der Waals surface area contributed by atoms with E-state index in [9.17, 15) is 14.4 Å². The molecule has 0 rings (SSSR count). The van der Waals surface area contributed by atoms with Gasteiger partial charge in [-0.25, -0.2) is 0 Å². The summed E-state index contributed by atoms with van der Waals surface area (Å²) in [6.45, 7) is 6.63. The molecule has 0 unspecified atom stereocenters. The van der Waals surface area contributed by atoms with Gasteiger partial charge in [0.05, 0.1) is 6.54 Å². The second-order valence-electron chi connectivity index (χ2n) is 6.37. The number of carbonyl (C=O) groups is 3. The molecule has 134 valence electrons. The molecule has 0 aliphatic carbocycles. The molecular formula is C18H34N2O3. The zero-order valence-corrected chi connectivity index (χ0v) is 15.1. The van der Waals surface area contributed by atoms with E-state index in [1.54, 1.807) is 0 Å². The van der Waals surface area contributed by atoms with Crippen LogP contribution in [0.2, 0.25) is 0 Å². The molecule has 5 heteroatoms. The minimum atomic E-state index is -0.0356. The van der Waals surface area contributed by atoms with Crippen molar-refractivity contribution >= 4 is 17.6 Å². The molecule has 0 spiro atoms. The number of rotatable bonds is 14. The van der Waals surface area contributed by atoms with Crippen LogP contribution in [0.4, 0.5) is 0 Å². The average Bonchev–Trinajstić information content (AvgIpc) is 2.52. The van der Waals surface area contributed by atoms with Crippen LogP contribution in [0.1, 0.15) is 78.6 Å². The molecule has 0 aliphatic rings. The first-order valence-electron chi connectivity index (χ1n) is 9.03. The van der Waals surface area contributed by atoms with Gasteiger partial charge in [0.15, 0.2) is 5.78 Å². The molecule has 2 amide bonds. The van der Waals surface area contributed by atoms with Crippen molar-refractivity contribution in [1.29, 1.82) is 0 Å². The lowest BCUT2D eigenvalue weighted by atomic mass is 10.1. The Hall–Kier alpha value is -1.39. The van der Waals surface area contributed by atoms with Gasteiger partial charge in [-0.2, -0.15) is 0 Å². The second kappa shape index (κ2) is 14.2. The maximum atomic E-state index is 11.6. The Labute approximate surface area is 141 Å². The predicted molar refractivity (Wildman–Crippen MR) is 93.1 cm³/mol. The van der Waals surface area contributed by atoms with Gasteiger partial charge in [-0.3, -0.25) is 14.4 Å². The second-order valence-corrected chi connectivity index (χ2v) is 6.37. The van der Waals surface area contributed by atoms with Gasteiger partial charge in [-0.1, -0.05) is 46.5 Å². The van der Waals surface area contributed by atoms with E-state index in [0.717, 1.165) is 51.5 Å². The van der Waals surface area contributed by atoms with Crippen molar-refractivity contribution < 1.29 is 14.4 Å². The quantitative estimate of drug-likeness (QED) is 0.482. The van der Waals surface area contributed by atoms with Crippen LogP contribution in [0, 0.1) is 5.92 Å². The molecule has 0 radical (unpaired) electrons. The van der Waals surface area contributed by atoms with Gasteiger partial charge < -0.3 is 10.6 Å². The summed E-state index contributed by atoms with van der Waals surface area (Å²) in [5, 5.41) is 5.55. The molecule has 23 heavy (non-hydrogen) atoms. The lowest BCUT2D eigenvalue weighted by molar-refractivity contribution is -0.126. The van der Waals surface area contributed by atoms with E-state index in [0.29, 0.717) is 12.8 Å². The van der Waals surface area contributed by atoms with Gasteiger partial charge in [-0.15, -0.1) is 0 Å². The molecule has 0 atom stereocenters. The van der Waals surface area contributed by atoms with E-state index >= 15 is 0 Å². The van der Waals surface area contributed by atoms with E-state index in [4.69, 9.17) is 0 Å². The van der Waals surface area contributed by atoms with Crippen LogP contribution in [0.5, 0.6) is 0 Å². The minimum Gasteiger partial charge on any atom is -0.356 e. The summed E-state index contributed by atoms with van der Waals surface area (Å²) in [6, 6.07) is 0. The molecule has 0 aliphatic heterocycles. The topological polar surface area (TPSA) is 75.3 Å². The maximum absolute atomic E-state index is 11.6. The summed E-state index contributed by atoms with van der Waals surface area (Å²) >= 11 is 0. The van der Waals surface area contributed by atoms with Gasteiger partial charge in [0.25, 0.3) is 0 Å². The summed E-state index contributed by atoms with van der Waals surface area (Å²) in [4.78, 5) is 34.3. The monoisotopic (exact) mass is 326 g/mol.